The van der Waals surface area contributed by atoms with E-state index in [4.69, 9.17) is 0 Å². The Bertz CT molecular complexity index is 678. The van der Waals surface area contributed by atoms with Crippen molar-refractivity contribution in [3.8, 4) is 0 Å². The summed E-state index contributed by atoms with van der Waals surface area (Å²) in [6, 6.07) is 11.6. The second kappa shape index (κ2) is 5.78. The first-order chi connectivity index (χ1) is 10.1. The van der Waals surface area contributed by atoms with Crippen LogP contribution < -0.4 is 5.32 Å². The fourth-order valence-corrected chi connectivity index (χ4v) is 3.29. The second-order valence-electron chi connectivity index (χ2n) is 5.82. The lowest BCUT2D eigenvalue weighted by molar-refractivity contribution is 0.0450. The summed E-state index contributed by atoms with van der Waals surface area (Å²) in [5.41, 5.74) is -0.0800. The first kappa shape index (κ1) is 14.5. The molecule has 3 nitrogen and oxygen atoms in total. The molecule has 1 fully saturated rings. The number of amides is 1. The Kier molecular flexibility index (Phi) is 4.00. The number of benzene rings is 2. The lowest BCUT2D eigenvalue weighted by Crippen LogP contribution is -2.40. The minimum absolute atomic E-state index is 0.125. The van der Waals surface area contributed by atoms with E-state index >= 15 is 0 Å². The number of carbonyl (C=O) groups excluding carboxylic acids is 1. The van der Waals surface area contributed by atoms with Crippen LogP contribution in [0, 0.1) is 0 Å². The molecule has 1 saturated carbocycles. The van der Waals surface area contributed by atoms with Crippen molar-refractivity contribution in [2.75, 3.05) is 6.54 Å². The van der Waals surface area contributed by atoms with Gasteiger partial charge in [0.15, 0.2) is 0 Å². The van der Waals surface area contributed by atoms with Crippen molar-refractivity contribution in [2.24, 2.45) is 0 Å². The number of hydrogen-bond acceptors (Lipinski definition) is 2. The van der Waals surface area contributed by atoms with E-state index in [0.29, 0.717) is 12.1 Å². The normalized spacial score (nSPS) is 17.0. The molecular formula is C17H18BrNO2. The van der Waals surface area contributed by atoms with Crippen LogP contribution in [0.25, 0.3) is 10.8 Å². The summed E-state index contributed by atoms with van der Waals surface area (Å²) >= 11 is 3.44. The maximum absolute atomic E-state index is 12.2. The Hall–Kier alpha value is -1.39. The molecule has 0 radical (unpaired) electrons. The molecule has 1 amide bonds. The van der Waals surface area contributed by atoms with Crippen molar-refractivity contribution in [3.05, 3.63) is 46.4 Å². The Morgan fingerprint density at radius 2 is 1.81 bits per heavy atom. The van der Waals surface area contributed by atoms with Gasteiger partial charge in [-0.2, -0.15) is 0 Å². The van der Waals surface area contributed by atoms with Gasteiger partial charge in [0.25, 0.3) is 5.91 Å². The number of hydrogen-bond donors (Lipinski definition) is 2. The first-order valence-electron chi connectivity index (χ1n) is 7.26. The molecule has 0 heterocycles. The van der Waals surface area contributed by atoms with Crippen molar-refractivity contribution in [2.45, 2.75) is 31.3 Å². The number of rotatable bonds is 3. The third-order valence-electron chi connectivity index (χ3n) is 4.18. The van der Waals surface area contributed by atoms with E-state index in [9.17, 15) is 9.90 Å². The van der Waals surface area contributed by atoms with E-state index in [0.717, 1.165) is 40.9 Å². The Morgan fingerprint density at radius 3 is 2.57 bits per heavy atom. The SMILES string of the molecule is O=C(NCC1(O)CCCC1)c1ccc2cc(Br)ccc2c1. The van der Waals surface area contributed by atoms with Crippen molar-refractivity contribution in [3.63, 3.8) is 0 Å². The Labute approximate surface area is 132 Å². The van der Waals surface area contributed by atoms with Crippen LogP contribution in [0.3, 0.4) is 0 Å². The molecule has 1 aliphatic rings. The largest absolute Gasteiger partial charge is 0.388 e. The van der Waals surface area contributed by atoms with Crippen LogP contribution in [-0.2, 0) is 0 Å². The van der Waals surface area contributed by atoms with Gasteiger partial charge in [-0.05, 0) is 47.9 Å². The molecule has 0 saturated heterocycles. The molecule has 0 spiro atoms. The lowest BCUT2D eigenvalue weighted by atomic mass is 10.0. The summed E-state index contributed by atoms with van der Waals surface area (Å²) in [6.07, 6.45) is 3.63. The molecule has 21 heavy (non-hydrogen) atoms. The Morgan fingerprint density at radius 1 is 1.14 bits per heavy atom. The van der Waals surface area contributed by atoms with Gasteiger partial charge in [0, 0.05) is 16.6 Å². The zero-order chi connectivity index (χ0) is 14.9. The highest BCUT2D eigenvalue weighted by molar-refractivity contribution is 9.10. The van der Waals surface area contributed by atoms with Crippen LogP contribution in [0.15, 0.2) is 40.9 Å². The fourth-order valence-electron chi connectivity index (χ4n) is 2.91. The smallest absolute Gasteiger partial charge is 0.251 e. The summed E-state index contributed by atoms with van der Waals surface area (Å²) in [4.78, 5) is 12.2. The standard InChI is InChI=1S/C17H18BrNO2/c18-15-6-5-12-9-14(4-3-13(12)10-15)16(20)19-11-17(21)7-1-2-8-17/h3-6,9-10,21H,1-2,7-8,11H2,(H,19,20). The first-order valence-corrected chi connectivity index (χ1v) is 8.05. The van der Waals surface area contributed by atoms with Gasteiger partial charge in [0.2, 0.25) is 0 Å². The van der Waals surface area contributed by atoms with Gasteiger partial charge < -0.3 is 10.4 Å². The van der Waals surface area contributed by atoms with Crippen molar-refractivity contribution in [1.82, 2.24) is 5.32 Å². The predicted molar refractivity (Wildman–Crippen MR) is 87.4 cm³/mol. The summed E-state index contributed by atoms with van der Waals surface area (Å²) < 4.78 is 1.02. The van der Waals surface area contributed by atoms with E-state index < -0.39 is 5.60 Å². The van der Waals surface area contributed by atoms with Crippen LogP contribution in [0.5, 0.6) is 0 Å². The van der Waals surface area contributed by atoms with Crippen molar-refractivity contribution >= 4 is 32.6 Å². The number of halogens is 1. The number of nitrogens with one attached hydrogen (secondary N) is 1. The van der Waals surface area contributed by atoms with E-state index in [1.54, 1.807) is 0 Å². The maximum atomic E-state index is 12.2. The van der Waals surface area contributed by atoms with Crippen LogP contribution >= 0.6 is 15.9 Å². The molecule has 2 aromatic rings. The molecule has 0 unspecified atom stereocenters. The third kappa shape index (κ3) is 3.27. The molecular weight excluding hydrogens is 330 g/mol. The van der Waals surface area contributed by atoms with Gasteiger partial charge in [-0.25, -0.2) is 0 Å². The zero-order valence-corrected chi connectivity index (χ0v) is 13.3. The lowest BCUT2D eigenvalue weighted by Gasteiger charge is -2.22. The van der Waals surface area contributed by atoms with E-state index in [-0.39, 0.29) is 5.91 Å². The second-order valence-corrected chi connectivity index (χ2v) is 6.74. The molecule has 0 bridgehead atoms. The molecule has 4 heteroatoms. The van der Waals surface area contributed by atoms with Gasteiger partial charge in [-0.3, -0.25) is 4.79 Å². The minimum Gasteiger partial charge on any atom is -0.388 e. The molecule has 2 aromatic carbocycles. The van der Waals surface area contributed by atoms with Crippen molar-refractivity contribution in [1.29, 1.82) is 0 Å². The highest BCUT2D eigenvalue weighted by atomic mass is 79.9. The number of aliphatic hydroxyl groups is 1. The average Bonchev–Trinajstić information content (AvgIpc) is 2.91. The number of fused-ring (bicyclic) bond motifs is 1. The maximum Gasteiger partial charge on any atom is 0.251 e. The number of carbonyl (C=O) groups is 1. The summed E-state index contributed by atoms with van der Waals surface area (Å²) in [6.45, 7) is 0.338. The van der Waals surface area contributed by atoms with Crippen molar-refractivity contribution < 1.29 is 9.90 Å². The van der Waals surface area contributed by atoms with Gasteiger partial charge >= 0.3 is 0 Å². The highest BCUT2D eigenvalue weighted by Gasteiger charge is 2.31. The van der Waals surface area contributed by atoms with Gasteiger partial charge in [-0.1, -0.05) is 40.9 Å². The predicted octanol–water partition coefficient (Wildman–Crippen LogP) is 3.64. The van der Waals surface area contributed by atoms with Crippen LogP contribution in [-0.4, -0.2) is 23.2 Å². The molecule has 0 aromatic heterocycles. The molecule has 1 aliphatic carbocycles. The zero-order valence-electron chi connectivity index (χ0n) is 11.7. The molecule has 3 rings (SSSR count). The van der Waals surface area contributed by atoms with Crippen LogP contribution in [0.1, 0.15) is 36.0 Å². The molecule has 0 aliphatic heterocycles. The van der Waals surface area contributed by atoms with E-state index in [2.05, 4.69) is 21.2 Å². The highest BCUT2D eigenvalue weighted by Crippen LogP contribution is 2.28. The van der Waals surface area contributed by atoms with Gasteiger partial charge in [0.05, 0.1) is 5.60 Å². The Balaban J connectivity index is 1.73. The van der Waals surface area contributed by atoms with Crippen LogP contribution in [0.2, 0.25) is 0 Å². The molecule has 0 atom stereocenters. The average molecular weight is 348 g/mol. The quantitative estimate of drug-likeness (QED) is 0.890. The minimum atomic E-state index is -0.711. The molecule has 2 N–H and O–H groups in total. The topological polar surface area (TPSA) is 49.3 Å². The summed E-state index contributed by atoms with van der Waals surface area (Å²) in [5, 5.41) is 15.3. The summed E-state index contributed by atoms with van der Waals surface area (Å²) in [5.74, 6) is -0.125. The molecule has 110 valence electrons. The van der Waals surface area contributed by atoms with E-state index in [1.165, 1.54) is 0 Å². The monoisotopic (exact) mass is 347 g/mol. The summed E-state index contributed by atoms with van der Waals surface area (Å²) in [7, 11) is 0. The van der Waals surface area contributed by atoms with Gasteiger partial charge in [-0.15, -0.1) is 0 Å². The van der Waals surface area contributed by atoms with Crippen LogP contribution in [0.4, 0.5) is 0 Å². The van der Waals surface area contributed by atoms with E-state index in [1.807, 2.05) is 36.4 Å². The fraction of sp³-hybridized carbons (Fsp3) is 0.353. The third-order valence-corrected chi connectivity index (χ3v) is 4.67. The van der Waals surface area contributed by atoms with Gasteiger partial charge in [0.1, 0.15) is 0 Å².